The Labute approximate surface area is 270 Å². The minimum atomic E-state index is -1.88. The predicted molar refractivity (Wildman–Crippen MR) is 161 cm³/mol. The van der Waals surface area contributed by atoms with Crippen molar-refractivity contribution in [1.82, 2.24) is 21.3 Å². The van der Waals surface area contributed by atoms with Gasteiger partial charge < -0.3 is 46.3 Å². The molecule has 1 heterocycles. The van der Waals surface area contributed by atoms with Gasteiger partial charge in [-0.3, -0.25) is 38.4 Å². The number of amides is 5. The molecule has 48 heavy (non-hydrogen) atoms. The van der Waals surface area contributed by atoms with E-state index < -0.39 is 120 Å². The highest BCUT2D eigenvalue weighted by atomic mass is 19.1. The standard InChI is InChI=1S/C29H34FN5O13/c1-12(2)23(34-25(43)15(8-9-19(37)38)32-26(44)16(10-20(39)40)31-13(3)36)28(46)33-17(11-21(41)42)27(45)35-24-14-6-4-5-7-18(14)48-29(47)22(24)30/h4-7,12,15-17,23H,8-11H2,1-3H3,(H,31,36)(H,32,44)(H,33,46)(H,34,43)(H,35,45)(H,37,38)(H,39,40)(H,41,42)/t15-,16-,17-,23-/m0/s1. The molecule has 0 bridgehead atoms. The lowest BCUT2D eigenvalue weighted by Gasteiger charge is -2.27. The summed E-state index contributed by atoms with van der Waals surface area (Å²) in [6, 6.07) is -1.17. The van der Waals surface area contributed by atoms with Crippen LogP contribution >= 0.6 is 0 Å². The summed E-state index contributed by atoms with van der Waals surface area (Å²) in [4.78, 5) is 110. The van der Waals surface area contributed by atoms with E-state index in [1.54, 1.807) is 0 Å². The fourth-order valence-electron chi connectivity index (χ4n) is 4.33. The number of carbonyl (C=O) groups excluding carboxylic acids is 5. The molecule has 0 aliphatic heterocycles. The molecule has 0 saturated carbocycles. The summed E-state index contributed by atoms with van der Waals surface area (Å²) in [7, 11) is 0. The number of fused-ring (bicyclic) bond motifs is 1. The van der Waals surface area contributed by atoms with Gasteiger partial charge in [-0.2, -0.15) is 4.39 Å². The number of carboxylic acids is 3. The highest BCUT2D eigenvalue weighted by molar-refractivity contribution is 6.05. The van der Waals surface area contributed by atoms with Gasteiger partial charge in [-0.15, -0.1) is 0 Å². The molecule has 1 aromatic carbocycles. The molecule has 2 aromatic rings. The summed E-state index contributed by atoms with van der Waals surface area (Å²) >= 11 is 0. The number of carbonyl (C=O) groups is 8. The second-order valence-electron chi connectivity index (χ2n) is 10.8. The molecule has 0 radical (unpaired) electrons. The zero-order valence-electron chi connectivity index (χ0n) is 25.8. The molecule has 0 saturated heterocycles. The van der Waals surface area contributed by atoms with Crippen LogP contribution in [0.15, 0.2) is 33.5 Å². The fraction of sp³-hybridized carbons (Fsp3) is 0.414. The highest BCUT2D eigenvalue weighted by Gasteiger charge is 2.34. The average molecular weight is 680 g/mol. The van der Waals surface area contributed by atoms with E-state index in [1.807, 2.05) is 0 Å². The summed E-state index contributed by atoms with van der Waals surface area (Å²) in [6.07, 6.45) is -3.10. The van der Waals surface area contributed by atoms with Crippen molar-refractivity contribution in [3.8, 4) is 0 Å². The summed E-state index contributed by atoms with van der Waals surface area (Å²) in [5, 5.41) is 38.4. The van der Waals surface area contributed by atoms with E-state index in [4.69, 9.17) is 14.6 Å². The van der Waals surface area contributed by atoms with E-state index in [2.05, 4.69) is 26.6 Å². The van der Waals surface area contributed by atoms with Gasteiger partial charge in [0.25, 0.3) is 0 Å². The van der Waals surface area contributed by atoms with Crippen LogP contribution in [0, 0.1) is 11.7 Å². The molecule has 0 spiro atoms. The first-order valence-electron chi connectivity index (χ1n) is 14.3. The lowest BCUT2D eigenvalue weighted by molar-refractivity contribution is -0.142. The number of aliphatic carboxylic acids is 3. The Kier molecular flexibility index (Phi) is 13.7. The third-order valence-corrected chi connectivity index (χ3v) is 6.62. The molecule has 0 unspecified atom stereocenters. The quantitative estimate of drug-likeness (QED) is 0.0961. The number of hydrogen-bond acceptors (Lipinski definition) is 10. The molecule has 4 atom stereocenters. The predicted octanol–water partition coefficient (Wildman–Crippen LogP) is -0.700. The highest BCUT2D eigenvalue weighted by Crippen LogP contribution is 2.24. The van der Waals surface area contributed by atoms with Crippen molar-refractivity contribution < 1.29 is 62.5 Å². The molecule has 18 nitrogen and oxygen atoms in total. The number of rotatable bonds is 17. The van der Waals surface area contributed by atoms with Gasteiger partial charge in [-0.1, -0.05) is 26.0 Å². The third-order valence-electron chi connectivity index (χ3n) is 6.62. The number of anilines is 1. The van der Waals surface area contributed by atoms with Crippen molar-refractivity contribution in [1.29, 1.82) is 0 Å². The molecular weight excluding hydrogens is 645 g/mol. The van der Waals surface area contributed by atoms with Crippen LogP contribution in [0.3, 0.4) is 0 Å². The number of nitrogens with one attached hydrogen (secondary N) is 5. The van der Waals surface area contributed by atoms with Gasteiger partial charge in [-0.25, -0.2) is 4.79 Å². The van der Waals surface area contributed by atoms with Crippen molar-refractivity contribution in [3.05, 3.63) is 40.5 Å². The first kappa shape index (κ1) is 38.3. The molecule has 19 heteroatoms. The monoisotopic (exact) mass is 679 g/mol. The molecule has 0 aliphatic carbocycles. The first-order valence-corrected chi connectivity index (χ1v) is 14.3. The van der Waals surface area contributed by atoms with Gasteiger partial charge in [0.15, 0.2) is 0 Å². The van der Waals surface area contributed by atoms with Crippen molar-refractivity contribution in [3.63, 3.8) is 0 Å². The minimum Gasteiger partial charge on any atom is -0.481 e. The van der Waals surface area contributed by atoms with Crippen molar-refractivity contribution >= 4 is 64.1 Å². The molecular formula is C29H34FN5O13. The summed E-state index contributed by atoms with van der Waals surface area (Å²) in [5.41, 5.74) is -2.17. The molecule has 0 aliphatic rings. The first-order chi connectivity index (χ1) is 22.4. The Morgan fingerprint density at radius 2 is 1.29 bits per heavy atom. The van der Waals surface area contributed by atoms with E-state index in [9.17, 15) is 52.6 Å². The van der Waals surface area contributed by atoms with Crippen LogP contribution < -0.4 is 32.2 Å². The van der Waals surface area contributed by atoms with Gasteiger partial charge in [-0.05, 0) is 24.5 Å². The number of carboxylic acid groups (broad SMARTS) is 3. The Morgan fingerprint density at radius 1 is 0.750 bits per heavy atom. The number of halogens is 1. The van der Waals surface area contributed by atoms with Crippen molar-refractivity contribution in [2.24, 2.45) is 5.92 Å². The topological polar surface area (TPSA) is 288 Å². The zero-order valence-corrected chi connectivity index (χ0v) is 25.8. The maximum Gasteiger partial charge on any atom is 0.374 e. The van der Waals surface area contributed by atoms with Gasteiger partial charge in [0.2, 0.25) is 35.4 Å². The minimum absolute atomic E-state index is 0.0470. The van der Waals surface area contributed by atoms with Crippen LogP contribution in [0.1, 0.15) is 46.5 Å². The average Bonchev–Trinajstić information content (AvgIpc) is 2.98. The largest absolute Gasteiger partial charge is 0.481 e. The number of hydrogen-bond donors (Lipinski definition) is 8. The van der Waals surface area contributed by atoms with Crippen LogP contribution in [0.2, 0.25) is 0 Å². The molecule has 1 aromatic heterocycles. The lowest BCUT2D eigenvalue weighted by Crippen LogP contribution is -2.59. The maximum absolute atomic E-state index is 14.7. The Balaban J connectivity index is 2.32. The lowest BCUT2D eigenvalue weighted by atomic mass is 10.0. The van der Waals surface area contributed by atoms with Crippen LogP contribution in [-0.4, -0.2) is 86.9 Å². The Hall–Kier alpha value is -5.88. The third kappa shape index (κ3) is 11.2. The number of benzene rings is 1. The van der Waals surface area contributed by atoms with Gasteiger partial charge in [0.1, 0.15) is 29.8 Å². The molecule has 8 N–H and O–H groups in total. The van der Waals surface area contributed by atoms with E-state index in [1.165, 1.54) is 38.1 Å². The van der Waals surface area contributed by atoms with Crippen LogP contribution in [0.25, 0.3) is 11.0 Å². The van der Waals surface area contributed by atoms with Crippen LogP contribution in [-0.2, 0) is 38.4 Å². The van der Waals surface area contributed by atoms with Crippen LogP contribution in [0.4, 0.5) is 10.1 Å². The summed E-state index contributed by atoms with van der Waals surface area (Å²) < 4.78 is 19.6. The second kappa shape index (κ2) is 17.2. The zero-order chi connectivity index (χ0) is 36.3. The van der Waals surface area contributed by atoms with Gasteiger partial charge in [0.05, 0.1) is 18.5 Å². The van der Waals surface area contributed by atoms with Crippen molar-refractivity contribution in [2.75, 3.05) is 5.32 Å². The van der Waals surface area contributed by atoms with Crippen LogP contribution in [0.5, 0.6) is 0 Å². The Morgan fingerprint density at radius 3 is 1.83 bits per heavy atom. The molecule has 0 fully saturated rings. The van der Waals surface area contributed by atoms with E-state index >= 15 is 0 Å². The van der Waals surface area contributed by atoms with Gasteiger partial charge >= 0.3 is 23.5 Å². The normalized spacial score (nSPS) is 13.4. The summed E-state index contributed by atoms with van der Waals surface area (Å²) in [5.74, 6) is -12.0. The molecule has 260 valence electrons. The number of para-hydroxylation sites is 1. The SMILES string of the molecule is CC(=O)N[C@@H](CC(=O)O)C(=O)N[C@@H](CCC(=O)O)C(=O)N[C@H](C(=O)N[C@@H](CC(=O)O)C(=O)Nc1c(F)c(=O)oc2ccccc12)C(C)C. The van der Waals surface area contributed by atoms with E-state index in [-0.39, 0.29) is 11.0 Å². The summed E-state index contributed by atoms with van der Waals surface area (Å²) in [6.45, 7) is 3.91. The molecule has 5 amide bonds. The van der Waals surface area contributed by atoms with E-state index in [0.717, 1.165) is 6.92 Å². The van der Waals surface area contributed by atoms with Crippen molar-refractivity contribution in [2.45, 2.75) is 70.6 Å². The smallest absolute Gasteiger partial charge is 0.374 e. The van der Waals surface area contributed by atoms with Gasteiger partial charge in [0, 0.05) is 18.7 Å². The van der Waals surface area contributed by atoms with E-state index in [0.29, 0.717) is 0 Å². The Bertz CT molecular complexity index is 1640. The fourth-order valence-corrected chi connectivity index (χ4v) is 4.33. The second-order valence-corrected chi connectivity index (χ2v) is 10.8. The molecule has 2 rings (SSSR count). The maximum atomic E-state index is 14.7.